The van der Waals surface area contributed by atoms with Crippen molar-refractivity contribution in [1.29, 1.82) is 0 Å². The molecule has 0 aliphatic rings. The van der Waals surface area contributed by atoms with Gasteiger partial charge >= 0.3 is 0 Å². The first kappa shape index (κ1) is 14.5. The normalized spacial score (nSPS) is 11.2. The maximum atomic E-state index is 12.1. The minimum Gasteiger partial charge on any atom is -0.383 e. The van der Waals surface area contributed by atoms with Gasteiger partial charge in [-0.15, -0.1) is 0 Å². The zero-order valence-corrected chi connectivity index (χ0v) is 12.3. The molecule has 0 aliphatic carbocycles. The van der Waals surface area contributed by atoms with Gasteiger partial charge in [0, 0.05) is 25.1 Å². The lowest BCUT2D eigenvalue weighted by Gasteiger charge is -2.09. The van der Waals surface area contributed by atoms with Gasteiger partial charge in [0.1, 0.15) is 0 Å². The molecule has 0 aromatic carbocycles. The van der Waals surface area contributed by atoms with Crippen LogP contribution in [0.1, 0.15) is 35.9 Å². The van der Waals surface area contributed by atoms with Crippen LogP contribution in [0.2, 0.25) is 0 Å². The zero-order chi connectivity index (χ0) is 14.7. The van der Waals surface area contributed by atoms with Crippen molar-refractivity contribution in [3.05, 3.63) is 23.5 Å². The molecule has 6 nitrogen and oxygen atoms in total. The summed E-state index contributed by atoms with van der Waals surface area (Å²) in [7, 11) is 1.60. The highest BCUT2D eigenvalue weighted by Gasteiger charge is 2.14. The number of ether oxygens (including phenoxy) is 1. The zero-order valence-electron chi connectivity index (χ0n) is 12.3. The molecule has 1 amide bonds. The average molecular weight is 276 g/mol. The third kappa shape index (κ3) is 2.80. The third-order valence-corrected chi connectivity index (χ3v) is 3.09. The molecule has 0 saturated carbocycles. The van der Waals surface area contributed by atoms with E-state index in [1.165, 1.54) is 0 Å². The second kappa shape index (κ2) is 6.00. The number of carbonyl (C=O) groups excluding carboxylic acids is 1. The summed E-state index contributed by atoms with van der Waals surface area (Å²) in [4.78, 5) is 16.6. The maximum Gasteiger partial charge on any atom is 0.253 e. The predicted octanol–water partition coefficient (Wildman–Crippen LogP) is 1.70. The first-order chi connectivity index (χ1) is 9.54. The molecule has 0 saturated heterocycles. The third-order valence-electron chi connectivity index (χ3n) is 3.09. The molecule has 0 spiro atoms. The summed E-state index contributed by atoms with van der Waals surface area (Å²) in [6.07, 6.45) is 1.74. The fourth-order valence-corrected chi connectivity index (χ4v) is 2.04. The minimum atomic E-state index is -0.133. The first-order valence-corrected chi connectivity index (χ1v) is 6.66. The van der Waals surface area contributed by atoms with Crippen molar-refractivity contribution in [3.8, 4) is 0 Å². The number of amides is 1. The van der Waals surface area contributed by atoms with Crippen molar-refractivity contribution in [3.63, 3.8) is 0 Å². The van der Waals surface area contributed by atoms with Crippen LogP contribution < -0.4 is 5.32 Å². The van der Waals surface area contributed by atoms with E-state index >= 15 is 0 Å². The fraction of sp³-hybridized carbons (Fsp3) is 0.500. The van der Waals surface area contributed by atoms with E-state index in [0.29, 0.717) is 24.4 Å². The van der Waals surface area contributed by atoms with E-state index in [2.05, 4.69) is 29.2 Å². The Morgan fingerprint density at radius 1 is 1.50 bits per heavy atom. The standard InChI is InChI=1S/C14H20N4O2/c1-9(2)18-13-11(8-16-18)7-12(10(3)17-13)14(19)15-5-6-20-4/h7-9H,5-6H2,1-4H3,(H,15,19). The topological polar surface area (TPSA) is 69.0 Å². The van der Waals surface area contributed by atoms with Crippen molar-refractivity contribution in [2.24, 2.45) is 0 Å². The highest BCUT2D eigenvalue weighted by Crippen LogP contribution is 2.19. The molecule has 20 heavy (non-hydrogen) atoms. The Balaban J connectivity index is 2.32. The average Bonchev–Trinajstić information content (AvgIpc) is 2.80. The van der Waals surface area contributed by atoms with E-state index in [0.717, 1.165) is 11.0 Å². The molecule has 0 radical (unpaired) electrons. The lowest BCUT2D eigenvalue weighted by Crippen LogP contribution is -2.27. The molecule has 0 aliphatic heterocycles. The lowest BCUT2D eigenvalue weighted by molar-refractivity contribution is 0.0936. The smallest absolute Gasteiger partial charge is 0.253 e. The molecule has 0 atom stereocenters. The first-order valence-electron chi connectivity index (χ1n) is 6.66. The van der Waals surface area contributed by atoms with Crippen molar-refractivity contribution >= 4 is 16.9 Å². The Kier molecular flexibility index (Phi) is 4.34. The van der Waals surface area contributed by atoms with Crippen LogP contribution in [0, 0.1) is 6.92 Å². The molecule has 6 heteroatoms. The second-order valence-corrected chi connectivity index (χ2v) is 4.97. The van der Waals surface area contributed by atoms with Gasteiger partial charge in [-0.1, -0.05) is 0 Å². The Morgan fingerprint density at radius 2 is 2.25 bits per heavy atom. The van der Waals surface area contributed by atoms with E-state index in [-0.39, 0.29) is 11.9 Å². The van der Waals surface area contributed by atoms with E-state index in [1.807, 2.05) is 17.7 Å². The summed E-state index contributed by atoms with van der Waals surface area (Å²) < 4.78 is 6.77. The number of hydrogen-bond donors (Lipinski definition) is 1. The van der Waals surface area contributed by atoms with Crippen LogP contribution in [0.3, 0.4) is 0 Å². The summed E-state index contributed by atoms with van der Waals surface area (Å²) in [6.45, 7) is 6.91. The number of methoxy groups -OCH3 is 1. The molecule has 0 fully saturated rings. The number of aryl methyl sites for hydroxylation is 1. The summed E-state index contributed by atoms with van der Waals surface area (Å²) in [5.41, 5.74) is 2.10. The number of nitrogens with zero attached hydrogens (tertiary/aromatic N) is 3. The van der Waals surface area contributed by atoms with Crippen LogP contribution in [-0.2, 0) is 4.74 Å². The summed E-state index contributed by atoms with van der Waals surface area (Å²) >= 11 is 0. The largest absolute Gasteiger partial charge is 0.383 e. The van der Waals surface area contributed by atoms with Gasteiger partial charge in [0.25, 0.3) is 5.91 Å². The molecule has 0 unspecified atom stereocenters. The SMILES string of the molecule is COCCNC(=O)c1cc2cnn(C(C)C)c2nc1C. The number of pyridine rings is 1. The maximum absolute atomic E-state index is 12.1. The van der Waals surface area contributed by atoms with Crippen molar-refractivity contribution < 1.29 is 9.53 Å². The number of fused-ring (bicyclic) bond motifs is 1. The van der Waals surface area contributed by atoms with Gasteiger partial charge in [-0.05, 0) is 26.8 Å². The van der Waals surface area contributed by atoms with Gasteiger partial charge in [0.2, 0.25) is 0 Å². The molecule has 0 bridgehead atoms. The molecule has 1 N–H and O–H groups in total. The summed E-state index contributed by atoms with van der Waals surface area (Å²) in [5.74, 6) is -0.133. The van der Waals surface area contributed by atoms with Crippen LogP contribution in [0.15, 0.2) is 12.3 Å². The van der Waals surface area contributed by atoms with Crippen LogP contribution in [-0.4, -0.2) is 40.9 Å². The van der Waals surface area contributed by atoms with Gasteiger partial charge in [-0.25, -0.2) is 9.67 Å². The van der Waals surface area contributed by atoms with Crippen molar-refractivity contribution in [2.45, 2.75) is 26.8 Å². The van der Waals surface area contributed by atoms with Crippen molar-refractivity contribution in [1.82, 2.24) is 20.1 Å². The molecule has 2 aromatic heterocycles. The predicted molar refractivity (Wildman–Crippen MR) is 76.9 cm³/mol. The summed E-state index contributed by atoms with van der Waals surface area (Å²) in [6, 6.07) is 2.08. The molecular formula is C14H20N4O2. The van der Waals surface area contributed by atoms with Crippen LogP contribution in [0.5, 0.6) is 0 Å². The fourth-order valence-electron chi connectivity index (χ4n) is 2.04. The lowest BCUT2D eigenvalue weighted by atomic mass is 10.1. The molecule has 2 aromatic rings. The Bertz CT molecular complexity index is 619. The van der Waals surface area contributed by atoms with E-state index < -0.39 is 0 Å². The number of hydrogen-bond acceptors (Lipinski definition) is 4. The van der Waals surface area contributed by atoms with E-state index in [4.69, 9.17) is 4.74 Å². The van der Waals surface area contributed by atoms with Gasteiger partial charge in [-0.3, -0.25) is 4.79 Å². The molecular weight excluding hydrogens is 256 g/mol. The summed E-state index contributed by atoms with van der Waals surface area (Å²) in [5, 5.41) is 7.99. The monoisotopic (exact) mass is 276 g/mol. The second-order valence-electron chi connectivity index (χ2n) is 4.97. The van der Waals surface area contributed by atoms with Gasteiger partial charge in [-0.2, -0.15) is 5.10 Å². The van der Waals surface area contributed by atoms with Gasteiger partial charge in [0.15, 0.2) is 5.65 Å². The van der Waals surface area contributed by atoms with E-state index in [1.54, 1.807) is 13.3 Å². The van der Waals surface area contributed by atoms with Crippen LogP contribution >= 0.6 is 0 Å². The highest BCUT2D eigenvalue weighted by molar-refractivity contribution is 5.98. The molecule has 2 rings (SSSR count). The Morgan fingerprint density at radius 3 is 2.90 bits per heavy atom. The Hall–Kier alpha value is -1.95. The Labute approximate surface area is 118 Å². The number of nitrogens with one attached hydrogen (secondary N) is 1. The van der Waals surface area contributed by atoms with Crippen LogP contribution in [0.4, 0.5) is 0 Å². The van der Waals surface area contributed by atoms with Crippen molar-refractivity contribution in [2.75, 3.05) is 20.3 Å². The molecule has 2 heterocycles. The van der Waals surface area contributed by atoms with Crippen LogP contribution in [0.25, 0.3) is 11.0 Å². The number of aromatic nitrogens is 3. The van der Waals surface area contributed by atoms with Gasteiger partial charge in [0.05, 0.1) is 24.1 Å². The minimum absolute atomic E-state index is 0.133. The van der Waals surface area contributed by atoms with E-state index in [9.17, 15) is 4.79 Å². The molecule has 108 valence electrons. The van der Waals surface area contributed by atoms with Gasteiger partial charge < -0.3 is 10.1 Å². The number of carbonyl (C=O) groups is 1. The quantitative estimate of drug-likeness (QED) is 0.844. The highest BCUT2D eigenvalue weighted by atomic mass is 16.5. The number of rotatable bonds is 5.